The summed E-state index contributed by atoms with van der Waals surface area (Å²) in [6.07, 6.45) is 3.73. The summed E-state index contributed by atoms with van der Waals surface area (Å²) in [6.45, 7) is 4.94. The summed E-state index contributed by atoms with van der Waals surface area (Å²) in [5.41, 5.74) is 1.81. The smallest absolute Gasteiger partial charge is 0.286 e. The van der Waals surface area contributed by atoms with Gasteiger partial charge >= 0.3 is 0 Å². The van der Waals surface area contributed by atoms with Gasteiger partial charge in [0.1, 0.15) is 10.6 Å². The van der Waals surface area contributed by atoms with Crippen LogP contribution in [-0.4, -0.2) is 38.6 Å². The first kappa shape index (κ1) is 22.2. The molecule has 0 unspecified atom stereocenters. The number of hydrogen-bond donors (Lipinski definition) is 3. The van der Waals surface area contributed by atoms with Crippen LogP contribution < -0.4 is 10.0 Å². The number of anilines is 2. The van der Waals surface area contributed by atoms with Crippen LogP contribution in [-0.2, 0) is 26.6 Å². The highest BCUT2D eigenvalue weighted by atomic mass is 32.2. The molecule has 0 bridgehead atoms. The van der Waals surface area contributed by atoms with Gasteiger partial charge in [-0.1, -0.05) is 13.8 Å². The minimum atomic E-state index is -4.08. The van der Waals surface area contributed by atoms with Crippen LogP contribution >= 0.6 is 0 Å². The van der Waals surface area contributed by atoms with E-state index < -0.39 is 20.0 Å². The van der Waals surface area contributed by atoms with Gasteiger partial charge in [-0.3, -0.25) is 4.72 Å². The topological polar surface area (TPSA) is 130 Å². The van der Waals surface area contributed by atoms with Gasteiger partial charge in [-0.15, -0.1) is 4.40 Å². The van der Waals surface area contributed by atoms with Crippen molar-refractivity contribution in [2.24, 2.45) is 10.3 Å². The van der Waals surface area contributed by atoms with Crippen LogP contribution in [0.2, 0.25) is 0 Å². The van der Waals surface area contributed by atoms with Crippen molar-refractivity contribution in [1.29, 1.82) is 0 Å². The van der Waals surface area contributed by atoms with Crippen molar-refractivity contribution in [3.63, 3.8) is 0 Å². The Morgan fingerprint density at radius 1 is 1.19 bits per heavy atom. The lowest BCUT2D eigenvalue weighted by Gasteiger charge is -2.19. The molecule has 1 aliphatic heterocycles. The molecule has 0 fully saturated rings. The van der Waals surface area contributed by atoms with Gasteiger partial charge in [-0.2, -0.15) is 8.42 Å². The molecule has 0 saturated carbocycles. The fraction of sp³-hybridized carbons (Fsp3) is 0.286. The van der Waals surface area contributed by atoms with Gasteiger partial charge in [0.25, 0.3) is 10.0 Å². The molecule has 4 rings (SSSR count). The fourth-order valence-electron chi connectivity index (χ4n) is 3.60. The van der Waals surface area contributed by atoms with Crippen LogP contribution in [0.5, 0.6) is 5.75 Å². The van der Waals surface area contributed by atoms with Crippen LogP contribution in [0.1, 0.15) is 25.8 Å². The van der Waals surface area contributed by atoms with E-state index in [0.717, 1.165) is 23.6 Å². The zero-order chi connectivity index (χ0) is 23.3. The van der Waals surface area contributed by atoms with Crippen LogP contribution in [0.4, 0.5) is 11.4 Å². The van der Waals surface area contributed by atoms with Crippen molar-refractivity contribution in [3.8, 4) is 5.75 Å². The van der Waals surface area contributed by atoms with E-state index in [1.807, 2.05) is 10.8 Å². The Morgan fingerprint density at radius 3 is 2.62 bits per heavy atom. The number of nitrogens with zero attached hydrogens (tertiary/aromatic N) is 2. The molecule has 0 spiro atoms. The standard InChI is InChI=1S/C21H24N4O5S2/c1-13(2)8-9-25-12-17(16-6-5-15(26)11-19(16)25)21-22-18-7-4-14(23-31(3,27)28)10-20(18)32(29,30)24-21/h4-7,10-13,23,26H,8-9H2,1-3H3,(H,22,24). The number of hydrogen-bond acceptors (Lipinski definition) is 6. The Hall–Kier alpha value is -3.05. The summed E-state index contributed by atoms with van der Waals surface area (Å²) in [4.78, 5) is -0.115. The van der Waals surface area contributed by atoms with E-state index in [1.165, 1.54) is 18.2 Å². The summed E-state index contributed by atoms with van der Waals surface area (Å²) in [5, 5.41) is 13.8. The second-order valence-corrected chi connectivity index (χ2v) is 11.6. The lowest BCUT2D eigenvalue weighted by Crippen LogP contribution is -2.22. The molecule has 0 radical (unpaired) electrons. The van der Waals surface area contributed by atoms with Crippen LogP contribution in [0.3, 0.4) is 0 Å². The predicted octanol–water partition coefficient (Wildman–Crippen LogP) is 3.33. The van der Waals surface area contributed by atoms with Gasteiger partial charge in [0.2, 0.25) is 10.0 Å². The number of phenolic OH excluding ortho intramolecular Hbond substituents is 1. The maximum absolute atomic E-state index is 12.9. The van der Waals surface area contributed by atoms with Gasteiger partial charge < -0.3 is 15.0 Å². The molecule has 32 heavy (non-hydrogen) atoms. The minimum absolute atomic E-state index is 0.115. The number of aryl methyl sites for hydroxylation is 1. The second-order valence-electron chi connectivity index (χ2n) is 8.25. The Morgan fingerprint density at radius 2 is 1.94 bits per heavy atom. The number of aromatic hydroxyl groups is 1. The third-order valence-corrected chi connectivity index (χ3v) is 7.02. The highest BCUT2D eigenvalue weighted by Gasteiger charge is 2.28. The molecule has 2 heterocycles. The fourth-order valence-corrected chi connectivity index (χ4v) is 5.31. The maximum Gasteiger partial charge on any atom is 0.286 e. The molecule has 1 aromatic heterocycles. The van der Waals surface area contributed by atoms with E-state index in [1.54, 1.807) is 18.2 Å². The molecule has 3 N–H and O–H groups in total. The van der Waals surface area contributed by atoms with Crippen molar-refractivity contribution in [1.82, 2.24) is 4.57 Å². The van der Waals surface area contributed by atoms with Gasteiger partial charge in [-0.25, -0.2) is 8.42 Å². The molecule has 170 valence electrons. The summed E-state index contributed by atoms with van der Waals surface area (Å²) in [7, 11) is -7.63. The van der Waals surface area contributed by atoms with E-state index in [2.05, 4.69) is 28.3 Å². The largest absolute Gasteiger partial charge is 0.508 e. The van der Waals surface area contributed by atoms with Crippen molar-refractivity contribution >= 4 is 48.2 Å². The second kappa shape index (κ2) is 7.82. The van der Waals surface area contributed by atoms with E-state index in [-0.39, 0.29) is 22.2 Å². The highest BCUT2D eigenvalue weighted by molar-refractivity contribution is 7.92. The van der Waals surface area contributed by atoms with E-state index in [4.69, 9.17) is 0 Å². The Kier molecular flexibility index (Phi) is 5.41. The lowest BCUT2D eigenvalue weighted by atomic mass is 10.1. The summed E-state index contributed by atoms with van der Waals surface area (Å²) < 4.78 is 57.1. The SMILES string of the molecule is CC(C)CCn1cc(C2=NS(=O)(=O)c3cc(NS(C)(=O)=O)ccc3N2)c2ccc(O)cc21. The number of sulfonamides is 2. The van der Waals surface area contributed by atoms with Crippen LogP contribution in [0.25, 0.3) is 10.9 Å². The lowest BCUT2D eigenvalue weighted by molar-refractivity contribution is 0.475. The number of benzene rings is 2. The number of phenols is 1. The van der Waals surface area contributed by atoms with Gasteiger partial charge in [0.15, 0.2) is 5.84 Å². The zero-order valence-corrected chi connectivity index (χ0v) is 19.5. The number of aromatic nitrogens is 1. The number of rotatable bonds is 6. The molecule has 0 saturated heterocycles. The average molecular weight is 477 g/mol. The Bertz CT molecular complexity index is 1450. The number of nitrogens with one attached hydrogen (secondary N) is 2. The van der Waals surface area contributed by atoms with Crippen LogP contribution in [0.15, 0.2) is 51.9 Å². The minimum Gasteiger partial charge on any atom is -0.508 e. The van der Waals surface area contributed by atoms with Gasteiger partial charge in [0.05, 0.1) is 17.5 Å². The van der Waals surface area contributed by atoms with E-state index >= 15 is 0 Å². The molecule has 1 aliphatic rings. The summed E-state index contributed by atoms with van der Waals surface area (Å²) >= 11 is 0. The van der Waals surface area contributed by atoms with E-state index in [0.29, 0.717) is 23.7 Å². The zero-order valence-electron chi connectivity index (χ0n) is 17.8. The molecule has 2 aromatic carbocycles. The molecule has 11 heteroatoms. The third-order valence-electron chi connectivity index (χ3n) is 5.10. The first-order valence-electron chi connectivity index (χ1n) is 9.99. The quantitative estimate of drug-likeness (QED) is 0.500. The van der Waals surface area contributed by atoms with Crippen molar-refractivity contribution in [2.75, 3.05) is 16.3 Å². The van der Waals surface area contributed by atoms with Crippen LogP contribution in [0, 0.1) is 5.92 Å². The Labute approximate surface area is 186 Å². The first-order chi connectivity index (χ1) is 14.9. The molecular weight excluding hydrogens is 452 g/mol. The molecule has 0 aliphatic carbocycles. The Balaban J connectivity index is 1.79. The number of amidine groups is 1. The summed E-state index contributed by atoms with van der Waals surface area (Å²) in [6, 6.07) is 9.15. The first-order valence-corrected chi connectivity index (χ1v) is 13.3. The van der Waals surface area contributed by atoms with Crippen molar-refractivity contribution in [2.45, 2.75) is 31.7 Å². The average Bonchev–Trinajstić information content (AvgIpc) is 3.03. The van der Waals surface area contributed by atoms with Gasteiger partial charge in [-0.05, 0) is 42.7 Å². The third kappa shape index (κ3) is 4.44. The normalized spacial score (nSPS) is 15.3. The predicted molar refractivity (Wildman–Crippen MR) is 125 cm³/mol. The maximum atomic E-state index is 12.9. The van der Waals surface area contributed by atoms with Crippen molar-refractivity contribution in [3.05, 3.63) is 48.2 Å². The molecule has 0 amide bonds. The molecule has 9 nitrogen and oxygen atoms in total. The highest BCUT2D eigenvalue weighted by Crippen LogP contribution is 2.34. The molecular formula is C21H24N4O5S2. The molecule has 3 aromatic rings. The number of fused-ring (bicyclic) bond motifs is 2. The van der Waals surface area contributed by atoms with Gasteiger partial charge in [0, 0.05) is 35.4 Å². The van der Waals surface area contributed by atoms with Crippen molar-refractivity contribution < 1.29 is 21.9 Å². The summed E-state index contributed by atoms with van der Waals surface area (Å²) in [5.74, 6) is 0.760. The molecule has 0 atom stereocenters. The monoisotopic (exact) mass is 476 g/mol. The van der Waals surface area contributed by atoms with E-state index in [9.17, 15) is 21.9 Å².